The number of nitrogens with zero attached hydrogens (tertiary/aromatic N) is 1. The minimum Gasteiger partial charge on any atom is -0.325 e. The lowest BCUT2D eigenvalue weighted by Gasteiger charge is -2.19. The maximum absolute atomic E-state index is 12.5. The lowest BCUT2D eigenvalue weighted by atomic mass is 9.87. The number of hydrogen-bond donors (Lipinski definition) is 1. The van der Waals surface area contributed by atoms with E-state index in [0.29, 0.717) is 5.39 Å². The van der Waals surface area contributed by atoms with Crippen LogP contribution in [0.4, 0.5) is 5.69 Å². The van der Waals surface area contributed by atoms with Crippen LogP contribution in [0.2, 0.25) is 0 Å². The van der Waals surface area contributed by atoms with Gasteiger partial charge >= 0.3 is 0 Å². The van der Waals surface area contributed by atoms with E-state index in [4.69, 9.17) is 0 Å². The first-order valence-electron chi connectivity index (χ1n) is 8.33. The Labute approximate surface area is 147 Å². The van der Waals surface area contributed by atoms with Crippen molar-refractivity contribution in [2.24, 2.45) is 0 Å². The third-order valence-electron chi connectivity index (χ3n) is 4.23. The van der Waals surface area contributed by atoms with Gasteiger partial charge in [-0.15, -0.1) is 0 Å². The fourth-order valence-corrected chi connectivity index (χ4v) is 2.76. The molecule has 0 fully saturated rings. The molecule has 1 aromatic heterocycles. The first kappa shape index (κ1) is 17.0. The number of anilines is 1. The smallest absolute Gasteiger partial charge is 0.258 e. The highest BCUT2D eigenvalue weighted by atomic mass is 16.2. The number of amides is 1. The number of carbonyl (C=O) groups is 1. The minimum absolute atomic E-state index is 0.00924. The average Bonchev–Trinajstić information content (AvgIpc) is 2.57. The Morgan fingerprint density at radius 1 is 1.00 bits per heavy atom. The van der Waals surface area contributed by atoms with Crippen LogP contribution in [0, 0.1) is 0 Å². The summed E-state index contributed by atoms with van der Waals surface area (Å²) in [6, 6.07) is 17.0. The Kier molecular flexibility index (Phi) is 4.45. The van der Waals surface area contributed by atoms with Gasteiger partial charge in [-0.05, 0) is 40.6 Å². The lowest BCUT2D eigenvalue weighted by Crippen LogP contribution is -2.27. The fraction of sp³-hybridized carbons (Fsp3) is 0.238. The number of pyridine rings is 1. The molecular weight excluding hydrogens is 312 g/mol. The SMILES string of the molecule is CC(C)(C)c1ccc(NC(=O)Cn2ccc3ccccc3c2=O)cc1. The second-order valence-corrected chi connectivity index (χ2v) is 7.21. The molecule has 0 aliphatic heterocycles. The molecule has 0 aliphatic rings. The van der Waals surface area contributed by atoms with Crippen LogP contribution < -0.4 is 10.9 Å². The monoisotopic (exact) mass is 334 g/mol. The molecule has 2 aromatic carbocycles. The van der Waals surface area contributed by atoms with E-state index in [1.54, 1.807) is 12.3 Å². The Hall–Kier alpha value is -2.88. The quantitative estimate of drug-likeness (QED) is 0.789. The first-order chi connectivity index (χ1) is 11.8. The molecule has 25 heavy (non-hydrogen) atoms. The van der Waals surface area contributed by atoms with E-state index in [0.717, 1.165) is 11.1 Å². The summed E-state index contributed by atoms with van der Waals surface area (Å²) in [5.41, 5.74) is 1.85. The van der Waals surface area contributed by atoms with Gasteiger partial charge in [-0.25, -0.2) is 0 Å². The summed E-state index contributed by atoms with van der Waals surface area (Å²) in [5, 5.41) is 4.34. The summed E-state index contributed by atoms with van der Waals surface area (Å²) in [6.07, 6.45) is 1.66. The number of nitrogens with one attached hydrogen (secondary N) is 1. The lowest BCUT2D eigenvalue weighted by molar-refractivity contribution is -0.116. The highest BCUT2D eigenvalue weighted by molar-refractivity contribution is 5.91. The van der Waals surface area contributed by atoms with Gasteiger partial charge in [0.15, 0.2) is 0 Å². The second-order valence-electron chi connectivity index (χ2n) is 7.21. The Bertz CT molecular complexity index is 964. The Morgan fingerprint density at radius 3 is 2.36 bits per heavy atom. The van der Waals surface area contributed by atoms with Crippen LogP contribution in [0.25, 0.3) is 10.8 Å². The molecule has 0 saturated carbocycles. The van der Waals surface area contributed by atoms with Crippen LogP contribution in [0.5, 0.6) is 0 Å². The number of carbonyl (C=O) groups excluding carboxylic acids is 1. The molecule has 4 heteroatoms. The highest BCUT2D eigenvalue weighted by Gasteiger charge is 2.13. The summed E-state index contributed by atoms with van der Waals surface area (Å²) < 4.78 is 1.43. The first-order valence-corrected chi connectivity index (χ1v) is 8.33. The van der Waals surface area contributed by atoms with E-state index in [1.165, 1.54) is 10.1 Å². The van der Waals surface area contributed by atoms with Crippen LogP contribution >= 0.6 is 0 Å². The summed E-state index contributed by atoms with van der Waals surface area (Å²) in [5.74, 6) is -0.221. The summed E-state index contributed by atoms with van der Waals surface area (Å²) >= 11 is 0. The molecule has 0 atom stereocenters. The van der Waals surface area contributed by atoms with Crippen LogP contribution in [0.15, 0.2) is 65.6 Å². The van der Waals surface area contributed by atoms with Crippen molar-refractivity contribution in [2.75, 3.05) is 5.32 Å². The average molecular weight is 334 g/mol. The van der Waals surface area contributed by atoms with Crippen molar-refractivity contribution >= 4 is 22.4 Å². The van der Waals surface area contributed by atoms with E-state index < -0.39 is 0 Å². The van der Waals surface area contributed by atoms with E-state index in [9.17, 15) is 9.59 Å². The third-order valence-corrected chi connectivity index (χ3v) is 4.23. The van der Waals surface area contributed by atoms with Crippen LogP contribution in [0.3, 0.4) is 0 Å². The number of aromatic nitrogens is 1. The molecule has 0 unspecified atom stereocenters. The maximum atomic E-state index is 12.5. The van der Waals surface area contributed by atoms with E-state index >= 15 is 0 Å². The molecule has 1 heterocycles. The van der Waals surface area contributed by atoms with E-state index in [-0.39, 0.29) is 23.4 Å². The van der Waals surface area contributed by atoms with Gasteiger partial charge in [0.05, 0.1) is 0 Å². The molecule has 0 radical (unpaired) electrons. The van der Waals surface area contributed by atoms with Gasteiger partial charge in [0.2, 0.25) is 5.91 Å². The van der Waals surface area contributed by atoms with Gasteiger partial charge in [0.1, 0.15) is 6.54 Å². The molecule has 0 saturated heterocycles. The van der Waals surface area contributed by atoms with Gasteiger partial charge in [-0.2, -0.15) is 0 Å². The Balaban J connectivity index is 1.75. The van der Waals surface area contributed by atoms with Gasteiger partial charge in [0.25, 0.3) is 5.56 Å². The number of rotatable bonds is 3. The topological polar surface area (TPSA) is 51.1 Å². The van der Waals surface area contributed by atoms with Crippen molar-refractivity contribution in [1.82, 2.24) is 4.57 Å². The summed E-state index contributed by atoms with van der Waals surface area (Å²) in [7, 11) is 0. The molecule has 3 aromatic rings. The third kappa shape index (κ3) is 3.79. The van der Waals surface area contributed by atoms with Crippen molar-refractivity contribution in [3.8, 4) is 0 Å². The minimum atomic E-state index is -0.221. The zero-order valence-corrected chi connectivity index (χ0v) is 14.7. The van der Waals surface area contributed by atoms with Gasteiger partial charge in [-0.1, -0.05) is 51.1 Å². The van der Waals surface area contributed by atoms with Crippen LogP contribution in [-0.4, -0.2) is 10.5 Å². The van der Waals surface area contributed by atoms with Crippen molar-refractivity contribution < 1.29 is 4.79 Å². The van der Waals surface area contributed by atoms with Crippen molar-refractivity contribution in [2.45, 2.75) is 32.7 Å². The van der Waals surface area contributed by atoms with Crippen molar-refractivity contribution in [1.29, 1.82) is 0 Å². The molecule has 0 bridgehead atoms. The van der Waals surface area contributed by atoms with Gasteiger partial charge in [0, 0.05) is 17.3 Å². The van der Waals surface area contributed by atoms with Crippen molar-refractivity contribution in [3.05, 3.63) is 76.7 Å². The molecule has 0 spiro atoms. The zero-order valence-electron chi connectivity index (χ0n) is 14.7. The van der Waals surface area contributed by atoms with Crippen LogP contribution in [0.1, 0.15) is 26.3 Å². The molecular formula is C21H22N2O2. The summed E-state index contributed by atoms with van der Waals surface area (Å²) in [6.45, 7) is 6.43. The highest BCUT2D eigenvalue weighted by Crippen LogP contribution is 2.23. The Morgan fingerprint density at radius 2 is 1.68 bits per heavy atom. The number of hydrogen-bond acceptors (Lipinski definition) is 2. The molecule has 0 aliphatic carbocycles. The zero-order chi connectivity index (χ0) is 18.0. The van der Waals surface area contributed by atoms with Crippen molar-refractivity contribution in [3.63, 3.8) is 0 Å². The molecule has 1 amide bonds. The molecule has 128 valence electrons. The normalized spacial score (nSPS) is 11.5. The van der Waals surface area contributed by atoms with E-state index in [1.807, 2.05) is 48.5 Å². The second kappa shape index (κ2) is 6.55. The molecule has 4 nitrogen and oxygen atoms in total. The predicted octanol–water partition coefficient (Wildman–Crippen LogP) is 3.94. The fourth-order valence-electron chi connectivity index (χ4n) is 2.76. The van der Waals surface area contributed by atoms with E-state index in [2.05, 4.69) is 26.1 Å². The predicted molar refractivity (Wildman–Crippen MR) is 102 cm³/mol. The van der Waals surface area contributed by atoms with Gasteiger partial charge in [-0.3, -0.25) is 9.59 Å². The van der Waals surface area contributed by atoms with Crippen LogP contribution in [-0.2, 0) is 16.8 Å². The molecule has 1 N–H and O–H groups in total. The maximum Gasteiger partial charge on any atom is 0.258 e. The van der Waals surface area contributed by atoms with Gasteiger partial charge < -0.3 is 9.88 Å². The largest absolute Gasteiger partial charge is 0.325 e. The standard InChI is InChI=1S/C21H22N2O2/c1-21(2,3)16-8-10-17(11-9-16)22-19(24)14-23-13-12-15-6-4-5-7-18(15)20(23)25/h4-13H,14H2,1-3H3,(H,22,24). The number of benzene rings is 2. The summed E-state index contributed by atoms with van der Waals surface area (Å²) in [4.78, 5) is 24.7. The number of fused-ring (bicyclic) bond motifs is 1. The molecule has 3 rings (SSSR count).